The minimum absolute atomic E-state index is 0.209. The van der Waals surface area contributed by atoms with Crippen LogP contribution in [0.4, 0.5) is 0 Å². The van der Waals surface area contributed by atoms with Crippen LogP contribution < -0.4 is 9.47 Å². The smallest absolute Gasteiger partial charge is 0.343 e. The molecule has 2 aromatic heterocycles. The first-order valence-corrected chi connectivity index (χ1v) is 21.2. The highest BCUT2D eigenvalue weighted by atomic mass is 32.2. The number of hydrogen-bond donors (Lipinski definition) is 0. The summed E-state index contributed by atoms with van der Waals surface area (Å²) in [5.41, 5.74) is 1.86. The fourth-order valence-corrected chi connectivity index (χ4v) is 7.16. The zero-order valence-corrected chi connectivity index (χ0v) is 32.9. The Labute approximate surface area is 326 Å². The van der Waals surface area contributed by atoms with E-state index in [1.54, 1.807) is 90.3 Å². The Morgan fingerprint density at radius 2 is 0.907 bits per heavy atom. The predicted octanol–water partition coefficient (Wildman–Crippen LogP) is 11.9. The molecule has 0 aliphatic heterocycles. The van der Waals surface area contributed by atoms with Crippen LogP contribution in [-0.2, 0) is 0 Å². The lowest BCUT2D eigenvalue weighted by Crippen LogP contribution is -2.12. The standard InChI is InChI=1S/C42H50N4O6S2/c1-3-5-7-9-11-13-15-28-53-41-45-43-37(51-41)31-20-24-35(25-21-31)49-39(47)33-18-17-19-34(30-33)40(48)50-36-26-22-32(23-27-36)38-44-46-42(52-38)54-29-16-14-12-10-8-6-4-2/h17-27,30H,3-16,28-29H2,1-2H3. The van der Waals surface area contributed by atoms with Crippen LogP contribution in [0.1, 0.15) is 124 Å². The monoisotopic (exact) mass is 770 g/mol. The first kappa shape index (κ1) is 40.8. The minimum Gasteiger partial charge on any atom is -0.423 e. The summed E-state index contributed by atoms with van der Waals surface area (Å²) in [5.74, 6) is 2.16. The van der Waals surface area contributed by atoms with Crippen molar-refractivity contribution in [2.75, 3.05) is 11.5 Å². The molecule has 0 aliphatic rings. The molecule has 5 rings (SSSR count). The van der Waals surface area contributed by atoms with Gasteiger partial charge in [0.05, 0.1) is 11.1 Å². The molecule has 286 valence electrons. The molecule has 0 radical (unpaired) electrons. The summed E-state index contributed by atoms with van der Waals surface area (Å²) in [7, 11) is 0. The second-order valence-corrected chi connectivity index (χ2v) is 15.2. The zero-order valence-electron chi connectivity index (χ0n) is 31.3. The lowest BCUT2D eigenvalue weighted by Gasteiger charge is -2.07. The second-order valence-electron chi connectivity index (χ2n) is 13.1. The second kappa shape index (κ2) is 22.7. The molecule has 0 unspecified atom stereocenters. The number of thioether (sulfide) groups is 2. The van der Waals surface area contributed by atoms with Crippen LogP contribution in [0.2, 0.25) is 0 Å². The van der Waals surface area contributed by atoms with E-state index in [2.05, 4.69) is 34.2 Å². The van der Waals surface area contributed by atoms with E-state index in [9.17, 15) is 9.59 Å². The van der Waals surface area contributed by atoms with Crippen LogP contribution in [-0.4, -0.2) is 43.8 Å². The number of benzene rings is 3. The van der Waals surface area contributed by atoms with Gasteiger partial charge < -0.3 is 18.3 Å². The van der Waals surface area contributed by atoms with E-state index < -0.39 is 11.9 Å². The SMILES string of the molecule is CCCCCCCCCSc1nnc(-c2ccc(OC(=O)c3cccc(C(=O)Oc4ccc(-c5nnc(SCCCCCCCCC)o5)cc4)c3)cc2)o1. The Balaban J connectivity index is 1.05. The van der Waals surface area contributed by atoms with Crippen molar-refractivity contribution in [3.8, 4) is 34.4 Å². The van der Waals surface area contributed by atoms with E-state index >= 15 is 0 Å². The highest BCUT2D eigenvalue weighted by Gasteiger charge is 2.16. The number of nitrogens with zero attached hydrogens (tertiary/aromatic N) is 4. The molecule has 0 amide bonds. The quantitative estimate of drug-likeness (QED) is 0.0256. The third-order valence-corrected chi connectivity index (χ3v) is 10.5. The number of unbranched alkanes of at least 4 members (excludes halogenated alkanes) is 12. The summed E-state index contributed by atoms with van der Waals surface area (Å²) in [6.45, 7) is 4.46. The number of esters is 2. The van der Waals surface area contributed by atoms with Crippen LogP contribution in [0.5, 0.6) is 11.5 Å². The topological polar surface area (TPSA) is 130 Å². The van der Waals surface area contributed by atoms with E-state index in [1.807, 2.05) is 0 Å². The van der Waals surface area contributed by atoms with Gasteiger partial charge in [0.25, 0.3) is 10.4 Å². The van der Waals surface area contributed by atoms with Crippen molar-refractivity contribution in [2.24, 2.45) is 0 Å². The van der Waals surface area contributed by atoms with Crippen LogP contribution in [0, 0.1) is 0 Å². The van der Waals surface area contributed by atoms with Crippen molar-refractivity contribution >= 4 is 35.5 Å². The van der Waals surface area contributed by atoms with Gasteiger partial charge in [0.1, 0.15) is 11.5 Å². The number of carbonyl (C=O) groups excluding carboxylic acids is 2. The molecular weight excluding hydrogens is 721 g/mol. The molecule has 12 heteroatoms. The normalized spacial score (nSPS) is 11.1. The van der Waals surface area contributed by atoms with E-state index in [0.29, 0.717) is 33.7 Å². The van der Waals surface area contributed by atoms with Crippen LogP contribution in [0.3, 0.4) is 0 Å². The number of carbonyl (C=O) groups is 2. The molecule has 0 N–H and O–H groups in total. The van der Waals surface area contributed by atoms with Gasteiger partial charge in [0, 0.05) is 22.6 Å². The molecule has 0 spiro atoms. The van der Waals surface area contributed by atoms with Crippen LogP contribution >= 0.6 is 23.5 Å². The van der Waals surface area contributed by atoms with E-state index in [1.165, 1.54) is 83.1 Å². The van der Waals surface area contributed by atoms with Gasteiger partial charge in [-0.05, 0) is 79.6 Å². The lowest BCUT2D eigenvalue weighted by atomic mass is 10.1. The first-order valence-electron chi connectivity index (χ1n) is 19.2. The molecule has 2 heterocycles. The summed E-state index contributed by atoms with van der Waals surface area (Å²) in [6.07, 6.45) is 17.6. The molecule has 10 nitrogen and oxygen atoms in total. The lowest BCUT2D eigenvalue weighted by molar-refractivity contribution is 0.0734. The third kappa shape index (κ3) is 13.5. The minimum atomic E-state index is -0.608. The van der Waals surface area contributed by atoms with Gasteiger partial charge in [-0.25, -0.2) is 9.59 Å². The molecule has 0 saturated heterocycles. The van der Waals surface area contributed by atoms with Crippen molar-refractivity contribution < 1.29 is 27.9 Å². The number of rotatable bonds is 24. The maximum Gasteiger partial charge on any atom is 0.343 e. The Bertz CT molecular complexity index is 1730. The fourth-order valence-electron chi connectivity index (χ4n) is 5.64. The van der Waals surface area contributed by atoms with E-state index in [0.717, 1.165) is 35.5 Å². The van der Waals surface area contributed by atoms with Gasteiger partial charge in [-0.1, -0.05) is 120 Å². The van der Waals surface area contributed by atoms with Crippen molar-refractivity contribution in [2.45, 2.75) is 114 Å². The maximum absolute atomic E-state index is 13.0. The van der Waals surface area contributed by atoms with E-state index in [4.69, 9.17) is 18.3 Å². The highest BCUT2D eigenvalue weighted by Crippen LogP contribution is 2.28. The van der Waals surface area contributed by atoms with E-state index in [-0.39, 0.29) is 11.1 Å². The van der Waals surface area contributed by atoms with Gasteiger partial charge in [0.15, 0.2) is 0 Å². The first-order chi connectivity index (χ1) is 26.5. The summed E-state index contributed by atoms with van der Waals surface area (Å²) in [4.78, 5) is 26.0. The summed E-state index contributed by atoms with van der Waals surface area (Å²) >= 11 is 3.14. The zero-order chi connectivity index (χ0) is 37.8. The Kier molecular flexibility index (Phi) is 17.1. The molecule has 0 saturated carbocycles. The van der Waals surface area contributed by atoms with Gasteiger partial charge >= 0.3 is 11.9 Å². The van der Waals surface area contributed by atoms with Crippen molar-refractivity contribution in [3.05, 3.63) is 83.9 Å². The average molecular weight is 771 g/mol. The molecule has 3 aromatic carbocycles. The predicted molar refractivity (Wildman–Crippen MR) is 213 cm³/mol. The van der Waals surface area contributed by atoms with Gasteiger partial charge in [-0.15, -0.1) is 20.4 Å². The highest BCUT2D eigenvalue weighted by molar-refractivity contribution is 7.99. The Morgan fingerprint density at radius 1 is 0.519 bits per heavy atom. The van der Waals surface area contributed by atoms with Gasteiger partial charge in [-0.2, -0.15) is 0 Å². The van der Waals surface area contributed by atoms with Crippen molar-refractivity contribution in [1.29, 1.82) is 0 Å². The summed E-state index contributed by atoms with van der Waals surface area (Å²) in [6, 6.07) is 19.9. The summed E-state index contributed by atoms with van der Waals surface area (Å²) < 4.78 is 22.8. The summed E-state index contributed by atoms with van der Waals surface area (Å²) in [5, 5.41) is 17.8. The van der Waals surface area contributed by atoms with Crippen molar-refractivity contribution in [1.82, 2.24) is 20.4 Å². The number of hydrogen-bond acceptors (Lipinski definition) is 12. The van der Waals surface area contributed by atoms with Gasteiger partial charge in [-0.3, -0.25) is 0 Å². The van der Waals surface area contributed by atoms with Crippen molar-refractivity contribution in [3.63, 3.8) is 0 Å². The Hall–Kier alpha value is -4.42. The molecule has 0 aliphatic carbocycles. The molecule has 0 atom stereocenters. The largest absolute Gasteiger partial charge is 0.423 e. The Morgan fingerprint density at radius 3 is 1.31 bits per heavy atom. The number of ether oxygens (including phenoxy) is 2. The molecule has 0 bridgehead atoms. The fraction of sp³-hybridized carbons (Fsp3) is 0.429. The average Bonchev–Trinajstić information content (AvgIpc) is 3.88. The number of aromatic nitrogens is 4. The third-order valence-electron chi connectivity index (χ3n) is 8.72. The van der Waals surface area contributed by atoms with Gasteiger partial charge in [0.2, 0.25) is 11.8 Å². The maximum atomic E-state index is 13.0. The molecular formula is C42H50N4O6S2. The van der Waals surface area contributed by atoms with Crippen LogP contribution in [0.15, 0.2) is 92.1 Å². The molecule has 0 fully saturated rings. The molecule has 54 heavy (non-hydrogen) atoms. The molecule has 5 aromatic rings. The van der Waals surface area contributed by atoms with Crippen LogP contribution in [0.25, 0.3) is 22.9 Å².